The van der Waals surface area contributed by atoms with Gasteiger partial charge in [-0.2, -0.15) is 5.26 Å². The third-order valence-electron chi connectivity index (χ3n) is 7.47. The first kappa shape index (κ1) is 17.9. The molecule has 1 atom stereocenters. The van der Waals surface area contributed by atoms with Crippen LogP contribution in [0.2, 0.25) is 0 Å². The number of rotatable bonds is 4. The Morgan fingerprint density at radius 3 is 2.54 bits per heavy atom. The van der Waals surface area contributed by atoms with Crippen LogP contribution in [-0.4, -0.2) is 40.0 Å². The summed E-state index contributed by atoms with van der Waals surface area (Å²) in [6, 6.07) is 2.03. The van der Waals surface area contributed by atoms with Gasteiger partial charge in [-0.05, 0) is 74.5 Å². The molecule has 148 valence electrons. The Hall–Kier alpha value is -2.16. The number of amides is 1. The van der Waals surface area contributed by atoms with E-state index in [0.717, 1.165) is 43.6 Å². The van der Waals surface area contributed by atoms with E-state index in [0.29, 0.717) is 12.5 Å². The highest BCUT2D eigenvalue weighted by Gasteiger charge is 2.51. The largest absolute Gasteiger partial charge is 0.470 e. The highest BCUT2D eigenvalue weighted by Crippen LogP contribution is 2.61. The second-order valence-electron chi connectivity index (χ2n) is 9.64. The zero-order valence-electron chi connectivity index (χ0n) is 16.3. The maximum Gasteiger partial charge on any atom is 0.251 e. The lowest BCUT2D eigenvalue weighted by atomic mass is 9.49. The van der Waals surface area contributed by atoms with E-state index in [1.807, 2.05) is 11.0 Å². The van der Waals surface area contributed by atoms with Crippen LogP contribution in [0, 0.1) is 34.5 Å². The lowest BCUT2D eigenvalue weighted by Crippen LogP contribution is -2.50. The summed E-state index contributed by atoms with van der Waals surface area (Å²) in [5.41, 5.74) is 0.484. The molecular weight excluding hydrogens is 352 g/mol. The Bertz CT molecular complexity index is 767. The molecule has 0 aromatic carbocycles. The molecule has 1 amide bonds. The van der Waals surface area contributed by atoms with Crippen molar-refractivity contribution in [2.75, 3.05) is 13.1 Å². The van der Waals surface area contributed by atoms with E-state index in [4.69, 9.17) is 4.74 Å². The Labute approximate surface area is 166 Å². The molecule has 1 saturated heterocycles. The van der Waals surface area contributed by atoms with Crippen LogP contribution in [0.25, 0.3) is 0 Å². The lowest BCUT2D eigenvalue weighted by molar-refractivity contribution is -0.142. The van der Waals surface area contributed by atoms with Gasteiger partial charge >= 0.3 is 0 Å². The molecule has 6 heteroatoms. The summed E-state index contributed by atoms with van der Waals surface area (Å²) < 4.78 is 5.96. The average molecular weight is 380 g/mol. The second-order valence-corrected chi connectivity index (χ2v) is 9.64. The SMILES string of the molecule is N#Cc1nccnc1OC1CCCN(C(=O)CC23CC4CC(CC(C4)C2)C3)C1. The quantitative estimate of drug-likeness (QED) is 0.800. The predicted octanol–water partition coefficient (Wildman–Crippen LogP) is 3.32. The van der Waals surface area contributed by atoms with Gasteiger partial charge in [0.05, 0.1) is 6.54 Å². The van der Waals surface area contributed by atoms with Crippen molar-refractivity contribution >= 4 is 5.91 Å². The van der Waals surface area contributed by atoms with E-state index in [2.05, 4.69) is 9.97 Å². The van der Waals surface area contributed by atoms with Gasteiger partial charge in [-0.15, -0.1) is 0 Å². The lowest BCUT2D eigenvalue weighted by Gasteiger charge is -2.57. The van der Waals surface area contributed by atoms with Crippen LogP contribution in [0.5, 0.6) is 5.88 Å². The highest BCUT2D eigenvalue weighted by molar-refractivity contribution is 5.77. The third kappa shape index (κ3) is 3.36. The Morgan fingerprint density at radius 2 is 1.86 bits per heavy atom. The van der Waals surface area contributed by atoms with Gasteiger partial charge < -0.3 is 9.64 Å². The van der Waals surface area contributed by atoms with Gasteiger partial charge in [0.25, 0.3) is 5.88 Å². The zero-order chi connectivity index (χ0) is 19.1. The number of nitrogens with zero attached hydrogens (tertiary/aromatic N) is 4. The number of carbonyl (C=O) groups is 1. The smallest absolute Gasteiger partial charge is 0.251 e. The van der Waals surface area contributed by atoms with Crippen LogP contribution in [0.3, 0.4) is 0 Å². The molecule has 6 nitrogen and oxygen atoms in total. The first-order chi connectivity index (χ1) is 13.6. The van der Waals surface area contributed by atoms with Gasteiger partial charge in [0.15, 0.2) is 0 Å². The molecule has 2 heterocycles. The van der Waals surface area contributed by atoms with Crippen molar-refractivity contribution in [3.63, 3.8) is 0 Å². The fourth-order valence-corrected chi connectivity index (χ4v) is 6.85. The maximum atomic E-state index is 13.2. The number of ether oxygens (including phenoxy) is 1. The minimum absolute atomic E-state index is 0.113. The number of carbonyl (C=O) groups excluding carboxylic acids is 1. The topological polar surface area (TPSA) is 79.1 Å². The van der Waals surface area contributed by atoms with E-state index in [-0.39, 0.29) is 23.1 Å². The molecule has 0 radical (unpaired) electrons. The van der Waals surface area contributed by atoms with Crippen LogP contribution in [0.1, 0.15) is 63.5 Å². The van der Waals surface area contributed by atoms with Gasteiger partial charge in [-0.25, -0.2) is 9.97 Å². The summed E-state index contributed by atoms with van der Waals surface area (Å²) in [7, 11) is 0. The first-order valence-corrected chi connectivity index (χ1v) is 10.8. The number of likely N-dealkylation sites (tertiary alicyclic amines) is 1. The number of aromatic nitrogens is 2. The standard InChI is InChI=1S/C22H28N4O2/c23-13-19-21(25-4-3-24-19)28-18-2-1-5-26(14-18)20(27)12-22-9-15-6-16(10-22)8-17(7-15)11-22/h3-4,15-18H,1-2,5-12,14H2. The van der Waals surface area contributed by atoms with Gasteiger partial charge in [-0.3, -0.25) is 4.79 Å². The number of piperidine rings is 1. The minimum atomic E-state index is -0.113. The van der Waals surface area contributed by atoms with Gasteiger partial charge in [0, 0.05) is 25.4 Å². The fraction of sp³-hybridized carbons (Fsp3) is 0.727. The van der Waals surface area contributed by atoms with E-state index >= 15 is 0 Å². The van der Waals surface area contributed by atoms with Crippen molar-refractivity contribution in [1.29, 1.82) is 5.26 Å². The zero-order valence-corrected chi connectivity index (χ0v) is 16.3. The summed E-state index contributed by atoms with van der Waals surface area (Å²) in [5, 5.41) is 9.18. The van der Waals surface area contributed by atoms with E-state index in [9.17, 15) is 10.1 Å². The highest BCUT2D eigenvalue weighted by atomic mass is 16.5. The van der Waals surface area contributed by atoms with Crippen molar-refractivity contribution in [3.05, 3.63) is 18.1 Å². The minimum Gasteiger partial charge on any atom is -0.470 e. The Morgan fingerprint density at radius 1 is 1.18 bits per heavy atom. The molecule has 6 rings (SSSR count). The normalized spacial score (nSPS) is 36.2. The molecule has 28 heavy (non-hydrogen) atoms. The molecule has 0 N–H and O–H groups in total. The van der Waals surface area contributed by atoms with Crippen LogP contribution in [0.15, 0.2) is 12.4 Å². The fourth-order valence-electron chi connectivity index (χ4n) is 6.85. The Balaban J connectivity index is 1.23. The summed E-state index contributed by atoms with van der Waals surface area (Å²) in [6.45, 7) is 1.41. The molecule has 5 aliphatic rings. The molecule has 1 aromatic heterocycles. The number of hydrogen-bond donors (Lipinski definition) is 0. The summed E-state index contributed by atoms with van der Waals surface area (Å²) >= 11 is 0. The number of nitriles is 1. The number of hydrogen-bond acceptors (Lipinski definition) is 5. The molecule has 5 fully saturated rings. The second kappa shape index (κ2) is 7.02. The van der Waals surface area contributed by atoms with Crippen molar-refractivity contribution in [2.45, 2.75) is 63.9 Å². The Kier molecular flexibility index (Phi) is 4.49. The molecule has 1 unspecified atom stereocenters. The molecule has 4 saturated carbocycles. The third-order valence-corrected chi connectivity index (χ3v) is 7.47. The summed E-state index contributed by atoms with van der Waals surface area (Å²) in [4.78, 5) is 23.3. The molecule has 1 aromatic rings. The van der Waals surface area contributed by atoms with Gasteiger partial charge in [0.1, 0.15) is 12.2 Å². The first-order valence-electron chi connectivity index (χ1n) is 10.8. The van der Waals surface area contributed by atoms with Crippen LogP contribution < -0.4 is 4.74 Å². The maximum absolute atomic E-state index is 13.2. The van der Waals surface area contributed by atoms with Crippen LogP contribution >= 0.6 is 0 Å². The molecule has 4 bridgehead atoms. The average Bonchev–Trinajstić information content (AvgIpc) is 2.67. The van der Waals surface area contributed by atoms with Crippen LogP contribution in [-0.2, 0) is 4.79 Å². The van der Waals surface area contributed by atoms with Crippen molar-refractivity contribution in [2.24, 2.45) is 23.2 Å². The predicted molar refractivity (Wildman–Crippen MR) is 102 cm³/mol. The van der Waals surface area contributed by atoms with Gasteiger partial charge in [0.2, 0.25) is 11.6 Å². The van der Waals surface area contributed by atoms with Crippen molar-refractivity contribution < 1.29 is 9.53 Å². The van der Waals surface area contributed by atoms with Crippen LogP contribution in [0.4, 0.5) is 0 Å². The van der Waals surface area contributed by atoms with Crippen molar-refractivity contribution in [1.82, 2.24) is 14.9 Å². The van der Waals surface area contributed by atoms with Gasteiger partial charge in [-0.1, -0.05) is 0 Å². The van der Waals surface area contributed by atoms with E-state index in [1.54, 1.807) is 0 Å². The summed E-state index contributed by atoms with van der Waals surface area (Å²) in [6.07, 6.45) is 13.5. The van der Waals surface area contributed by atoms with Crippen molar-refractivity contribution in [3.8, 4) is 11.9 Å². The molecular formula is C22H28N4O2. The molecule has 1 aliphatic heterocycles. The van der Waals surface area contributed by atoms with E-state index in [1.165, 1.54) is 50.9 Å². The van der Waals surface area contributed by atoms with E-state index < -0.39 is 0 Å². The molecule has 4 aliphatic carbocycles. The molecule has 0 spiro atoms. The monoisotopic (exact) mass is 380 g/mol. The summed E-state index contributed by atoms with van der Waals surface area (Å²) in [5.74, 6) is 3.20.